The number of hydrogen-bond donors (Lipinski definition) is 3. The van der Waals surface area contributed by atoms with Crippen LogP contribution in [0.4, 0.5) is 18.9 Å². The molecule has 3 N–H and O–H groups in total. The minimum absolute atomic E-state index is 0.0873. The van der Waals surface area contributed by atoms with Crippen LogP contribution in [0.25, 0.3) is 33.5 Å². The first-order valence-electron chi connectivity index (χ1n) is 10.5. The van der Waals surface area contributed by atoms with E-state index < -0.39 is 44.3 Å². The molecule has 0 amide bonds. The third-order valence-electron chi connectivity index (χ3n) is 5.75. The highest BCUT2D eigenvalue weighted by molar-refractivity contribution is 7.92. The number of anilines is 1. The number of imidazole rings is 1. The van der Waals surface area contributed by atoms with Gasteiger partial charge in [0, 0.05) is 28.9 Å². The Kier molecular flexibility index (Phi) is 5.67. The zero-order valence-corrected chi connectivity index (χ0v) is 19.7. The van der Waals surface area contributed by atoms with Crippen LogP contribution in [0.1, 0.15) is 5.56 Å². The molecule has 0 atom stereocenters. The fourth-order valence-corrected chi connectivity index (χ4v) is 5.33. The molecule has 5 aromatic rings. The summed E-state index contributed by atoms with van der Waals surface area (Å²) in [5, 5.41) is 6.93. The molecule has 0 bridgehead atoms. The number of methoxy groups -OCH3 is 1. The number of H-pyrrole nitrogens is 2. The van der Waals surface area contributed by atoms with Gasteiger partial charge in [0.15, 0.2) is 17.5 Å². The molecule has 8 nitrogen and oxygen atoms in total. The second kappa shape index (κ2) is 8.72. The van der Waals surface area contributed by atoms with E-state index in [4.69, 9.17) is 4.74 Å². The Morgan fingerprint density at radius 1 is 1.03 bits per heavy atom. The van der Waals surface area contributed by atoms with Gasteiger partial charge in [-0.15, -0.1) is 0 Å². The van der Waals surface area contributed by atoms with Crippen LogP contribution < -0.4 is 9.46 Å². The van der Waals surface area contributed by atoms with E-state index in [-0.39, 0.29) is 10.4 Å². The Balaban J connectivity index is 1.59. The van der Waals surface area contributed by atoms with Crippen LogP contribution in [-0.2, 0) is 10.0 Å². The van der Waals surface area contributed by atoms with Crippen molar-refractivity contribution in [1.29, 1.82) is 0 Å². The Hall–Kier alpha value is -4.32. The molecule has 0 spiro atoms. The van der Waals surface area contributed by atoms with Crippen LogP contribution in [0.15, 0.2) is 59.8 Å². The van der Waals surface area contributed by atoms with Gasteiger partial charge in [-0.3, -0.25) is 9.82 Å². The number of rotatable bonds is 6. The fraction of sp³-hybridized carbons (Fsp3) is 0.0833. The molecule has 0 saturated heterocycles. The van der Waals surface area contributed by atoms with Gasteiger partial charge < -0.3 is 9.72 Å². The van der Waals surface area contributed by atoms with E-state index in [2.05, 4.69) is 24.9 Å². The van der Waals surface area contributed by atoms with Gasteiger partial charge in [0.05, 0.1) is 23.3 Å². The summed E-state index contributed by atoms with van der Waals surface area (Å²) in [6.45, 7) is 1.53. The van der Waals surface area contributed by atoms with E-state index >= 15 is 8.78 Å². The number of hydrogen-bond acceptors (Lipinski definition) is 5. The average Bonchev–Trinajstić information content (AvgIpc) is 3.52. The van der Waals surface area contributed by atoms with Crippen LogP contribution >= 0.6 is 0 Å². The number of halogens is 3. The van der Waals surface area contributed by atoms with Crippen molar-refractivity contribution in [2.24, 2.45) is 0 Å². The molecule has 184 valence electrons. The lowest BCUT2D eigenvalue weighted by molar-refractivity contribution is 0.410. The van der Waals surface area contributed by atoms with Crippen LogP contribution in [0.5, 0.6) is 5.75 Å². The van der Waals surface area contributed by atoms with Gasteiger partial charge >= 0.3 is 0 Å². The maximum atomic E-state index is 15.5. The zero-order chi connectivity index (χ0) is 25.6. The molecule has 36 heavy (non-hydrogen) atoms. The maximum Gasteiger partial charge on any atom is 0.262 e. The number of aromatic amines is 2. The molecule has 0 aliphatic carbocycles. The van der Waals surface area contributed by atoms with Gasteiger partial charge in [-0.25, -0.2) is 26.6 Å². The lowest BCUT2D eigenvalue weighted by Gasteiger charge is -2.15. The first kappa shape index (κ1) is 23.4. The molecule has 12 heteroatoms. The molecule has 0 aliphatic heterocycles. The van der Waals surface area contributed by atoms with E-state index in [1.54, 1.807) is 12.3 Å². The minimum atomic E-state index is -4.29. The standard InChI is InChI=1S/C24H18F3N5O3S/c1-12-17(35-2)4-3-5-18(12)36(33,34)32-16-9-8-15(25)19(21(16)27)13-6-7-14-22(20(13)26)30-31-23(14)24-28-10-11-29-24/h3-11,32H,1-2H3,(H,28,29)(H,30,31). The van der Waals surface area contributed by atoms with Crippen LogP contribution in [0, 0.1) is 24.4 Å². The van der Waals surface area contributed by atoms with Crippen LogP contribution in [-0.4, -0.2) is 35.7 Å². The van der Waals surface area contributed by atoms with Gasteiger partial charge in [0.2, 0.25) is 0 Å². The highest BCUT2D eigenvalue weighted by Gasteiger charge is 2.26. The summed E-state index contributed by atoms with van der Waals surface area (Å²) >= 11 is 0. The van der Waals surface area contributed by atoms with Crippen molar-refractivity contribution in [1.82, 2.24) is 20.2 Å². The lowest BCUT2D eigenvalue weighted by atomic mass is 10.0. The molecule has 0 aliphatic rings. The lowest BCUT2D eigenvalue weighted by Crippen LogP contribution is -2.16. The largest absolute Gasteiger partial charge is 0.496 e. The van der Waals surface area contributed by atoms with Gasteiger partial charge in [-0.2, -0.15) is 5.10 Å². The maximum absolute atomic E-state index is 15.5. The fourth-order valence-electron chi connectivity index (χ4n) is 4.01. The van der Waals surface area contributed by atoms with Crippen molar-refractivity contribution >= 4 is 26.6 Å². The molecule has 2 heterocycles. The van der Waals surface area contributed by atoms with E-state index in [0.29, 0.717) is 28.2 Å². The first-order valence-corrected chi connectivity index (χ1v) is 12.0. The number of benzene rings is 3. The number of nitrogens with zero attached hydrogens (tertiary/aromatic N) is 2. The molecule has 0 radical (unpaired) electrons. The second-order valence-electron chi connectivity index (χ2n) is 7.83. The third kappa shape index (κ3) is 3.75. The Morgan fingerprint density at radius 3 is 2.56 bits per heavy atom. The number of sulfonamides is 1. The summed E-state index contributed by atoms with van der Waals surface area (Å²) in [6.07, 6.45) is 3.08. The average molecular weight is 514 g/mol. The zero-order valence-electron chi connectivity index (χ0n) is 18.9. The van der Waals surface area contributed by atoms with Crippen molar-refractivity contribution in [3.63, 3.8) is 0 Å². The highest BCUT2D eigenvalue weighted by atomic mass is 32.2. The topological polar surface area (TPSA) is 113 Å². The van der Waals surface area contributed by atoms with Gasteiger partial charge in [0.25, 0.3) is 10.0 Å². The SMILES string of the molecule is COc1cccc(S(=O)(=O)Nc2ccc(F)c(-c3ccc4c(-c5ncc[nH]5)n[nH]c4c3F)c2F)c1C. The summed E-state index contributed by atoms with van der Waals surface area (Å²) in [5.41, 5.74) is -1.14. The first-order chi connectivity index (χ1) is 17.2. The summed E-state index contributed by atoms with van der Waals surface area (Å²) < 4.78 is 79.1. The van der Waals surface area contributed by atoms with Crippen LogP contribution in [0.3, 0.4) is 0 Å². The number of nitrogens with one attached hydrogen (secondary N) is 3. The normalized spacial score (nSPS) is 11.7. The van der Waals surface area contributed by atoms with Crippen molar-refractivity contribution in [3.05, 3.63) is 77.9 Å². The van der Waals surface area contributed by atoms with E-state index in [1.807, 2.05) is 0 Å². The third-order valence-corrected chi connectivity index (χ3v) is 7.26. The Bertz CT molecular complexity index is 1720. The van der Waals surface area contributed by atoms with Gasteiger partial charge in [0.1, 0.15) is 22.8 Å². The van der Waals surface area contributed by atoms with E-state index in [0.717, 1.165) is 12.1 Å². The predicted octanol–water partition coefficient (Wildman–Crippen LogP) is 5.16. The number of ether oxygens (including phenoxy) is 1. The Morgan fingerprint density at radius 2 is 1.83 bits per heavy atom. The van der Waals surface area contributed by atoms with Gasteiger partial charge in [-0.05, 0) is 37.3 Å². The molecule has 2 aromatic heterocycles. The smallest absolute Gasteiger partial charge is 0.262 e. The van der Waals surface area contributed by atoms with E-state index in [9.17, 15) is 12.8 Å². The summed E-state index contributed by atoms with van der Waals surface area (Å²) in [5.74, 6) is -2.60. The van der Waals surface area contributed by atoms with Crippen molar-refractivity contribution in [3.8, 4) is 28.4 Å². The quantitative estimate of drug-likeness (QED) is 0.291. The monoisotopic (exact) mass is 513 g/mol. The number of aromatic nitrogens is 4. The molecule has 3 aromatic carbocycles. The predicted molar refractivity (Wildman–Crippen MR) is 128 cm³/mol. The van der Waals surface area contributed by atoms with Crippen molar-refractivity contribution < 1.29 is 26.3 Å². The molecular formula is C24H18F3N5O3S. The highest BCUT2D eigenvalue weighted by Crippen LogP contribution is 2.37. The molecular weight excluding hydrogens is 495 g/mol. The van der Waals surface area contributed by atoms with Crippen molar-refractivity contribution in [2.45, 2.75) is 11.8 Å². The van der Waals surface area contributed by atoms with Crippen LogP contribution in [0.2, 0.25) is 0 Å². The molecule has 5 rings (SSSR count). The van der Waals surface area contributed by atoms with Crippen molar-refractivity contribution in [2.75, 3.05) is 11.8 Å². The summed E-state index contributed by atoms with van der Waals surface area (Å²) in [7, 11) is -2.90. The second-order valence-corrected chi connectivity index (χ2v) is 9.48. The summed E-state index contributed by atoms with van der Waals surface area (Å²) in [4.78, 5) is 6.79. The van der Waals surface area contributed by atoms with Gasteiger partial charge in [-0.1, -0.05) is 12.1 Å². The Labute approximate surface area is 203 Å². The minimum Gasteiger partial charge on any atom is -0.496 e. The summed E-state index contributed by atoms with van der Waals surface area (Å²) in [6, 6.07) is 8.82. The van der Waals surface area contributed by atoms with E-state index in [1.165, 1.54) is 44.5 Å². The molecule has 0 unspecified atom stereocenters. The number of fused-ring (bicyclic) bond motifs is 1. The molecule has 0 saturated carbocycles. The molecule has 0 fully saturated rings.